The molecular formula is C12H16ClN3O. The van der Waals surface area contributed by atoms with Gasteiger partial charge in [0.05, 0.1) is 10.6 Å². The van der Waals surface area contributed by atoms with Crippen LogP contribution in [0.5, 0.6) is 0 Å². The van der Waals surface area contributed by atoms with Gasteiger partial charge in [-0.1, -0.05) is 30.9 Å². The second kappa shape index (κ2) is 5.36. The minimum absolute atomic E-state index is 0.119. The average molecular weight is 254 g/mol. The monoisotopic (exact) mass is 253 g/mol. The van der Waals surface area contributed by atoms with Gasteiger partial charge in [0.25, 0.3) is 5.91 Å². The first kappa shape index (κ1) is 12.2. The zero-order chi connectivity index (χ0) is 12.3. The Morgan fingerprint density at radius 1 is 1.41 bits per heavy atom. The van der Waals surface area contributed by atoms with E-state index in [1.165, 1.54) is 25.5 Å². The summed E-state index contributed by atoms with van der Waals surface area (Å²) in [6.07, 6.45) is 7.21. The number of hydrogen-bond donors (Lipinski definition) is 2. The summed E-state index contributed by atoms with van der Waals surface area (Å²) in [6, 6.07) is 1.84. The Hall–Kier alpha value is -1.29. The van der Waals surface area contributed by atoms with E-state index in [1.54, 1.807) is 6.07 Å². The summed E-state index contributed by atoms with van der Waals surface area (Å²) in [5, 5.41) is 3.32. The minimum Gasteiger partial charge on any atom is -0.382 e. The number of halogens is 1. The van der Waals surface area contributed by atoms with Crippen molar-refractivity contribution in [3.05, 3.63) is 22.8 Å². The van der Waals surface area contributed by atoms with Gasteiger partial charge in [0.15, 0.2) is 0 Å². The summed E-state index contributed by atoms with van der Waals surface area (Å²) in [5.41, 5.74) is 5.97. The lowest BCUT2D eigenvalue weighted by atomic mass is 9.95. The smallest absolute Gasteiger partial charge is 0.253 e. The fourth-order valence-electron chi connectivity index (χ4n) is 2.09. The van der Waals surface area contributed by atoms with Crippen LogP contribution in [0.3, 0.4) is 0 Å². The maximum absolute atomic E-state index is 11.9. The van der Waals surface area contributed by atoms with Gasteiger partial charge >= 0.3 is 0 Å². The molecule has 2 rings (SSSR count). The highest BCUT2D eigenvalue weighted by atomic mass is 35.5. The Morgan fingerprint density at radius 3 is 2.76 bits per heavy atom. The predicted molar refractivity (Wildman–Crippen MR) is 68.0 cm³/mol. The van der Waals surface area contributed by atoms with Crippen molar-refractivity contribution in [3.63, 3.8) is 0 Å². The minimum atomic E-state index is -0.119. The molecule has 1 heterocycles. The Kier molecular flexibility index (Phi) is 3.84. The molecule has 5 heteroatoms. The molecule has 1 aliphatic carbocycles. The first-order chi connectivity index (χ1) is 8.16. The van der Waals surface area contributed by atoms with Crippen molar-refractivity contribution in [2.24, 2.45) is 0 Å². The molecule has 92 valence electrons. The Balaban J connectivity index is 2.01. The number of nitrogens with one attached hydrogen (secondary N) is 1. The van der Waals surface area contributed by atoms with Gasteiger partial charge < -0.3 is 11.1 Å². The molecule has 0 atom stereocenters. The third-order valence-corrected chi connectivity index (χ3v) is 3.37. The van der Waals surface area contributed by atoms with E-state index in [9.17, 15) is 4.79 Å². The molecule has 1 saturated carbocycles. The highest BCUT2D eigenvalue weighted by molar-refractivity contribution is 6.33. The molecule has 1 amide bonds. The van der Waals surface area contributed by atoms with E-state index < -0.39 is 0 Å². The number of carbonyl (C=O) groups excluding carboxylic acids is 1. The summed E-state index contributed by atoms with van der Waals surface area (Å²) in [6.45, 7) is 0. The predicted octanol–water partition coefficient (Wildman–Crippen LogP) is 2.38. The van der Waals surface area contributed by atoms with E-state index in [-0.39, 0.29) is 17.8 Å². The van der Waals surface area contributed by atoms with Crippen LogP contribution in [0.1, 0.15) is 42.5 Å². The van der Waals surface area contributed by atoms with Gasteiger partial charge in [0.1, 0.15) is 5.82 Å². The molecule has 1 aromatic heterocycles. The topological polar surface area (TPSA) is 68.0 Å². The maximum atomic E-state index is 11.9. The van der Waals surface area contributed by atoms with Crippen molar-refractivity contribution in [2.75, 3.05) is 5.73 Å². The fourth-order valence-corrected chi connectivity index (χ4v) is 2.25. The molecule has 0 aromatic carbocycles. The number of amides is 1. The molecular weight excluding hydrogens is 238 g/mol. The number of pyridine rings is 1. The van der Waals surface area contributed by atoms with Gasteiger partial charge in [0, 0.05) is 12.2 Å². The van der Waals surface area contributed by atoms with Crippen molar-refractivity contribution in [1.29, 1.82) is 0 Å². The Labute approximate surface area is 106 Å². The van der Waals surface area contributed by atoms with Crippen LogP contribution in [0, 0.1) is 0 Å². The third-order valence-electron chi connectivity index (χ3n) is 3.07. The van der Waals surface area contributed by atoms with Gasteiger partial charge in [-0.05, 0) is 18.9 Å². The molecule has 4 nitrogen and oxygen atoms in total. The van der Waals surface area contributed by atoms with Crippen LogP contribution < -0.4 is 11.1 Å². The first-order valence-corrected chi connectivity index (χ1v) is 6.26. The van der Waals surface area contributed by atoms with E-state index in [0.717, 1.165) is 12.8 Å². The summed E-state index contributed by atoms with van der Waals surface area (Å²) >= 11 is 5.83. The number of nitrogens with two attached hydrogens (primary N) is 1. The highest BCUT2D eigenvalue weighted by Gasteiger charge is 2.17. The molecule has 0 bridgehead atoms. The van der Waals surface area contributed by atoms with Crippen LogP contribution in [-0.4, -0.2) is 16.9 Å². The molecule has 17 heavy (non-hydrogen) atoms. The lowest BCUT2D eigenvalue weighted by molar-refractivity contribution is 0.0927. The standard InChI is InChI=1S/C12H16ClN3O/c13-10-6-8(7-15-11(10)14)12(17)16-9-4-2-1-3-5-9/h6-7,9H,1-5H2,(H2,14,15)(H,16,17). The summed E-state index contributed by atoms with van der Waals surface area (Å²) in [4.78, 5) is 15.8. The number of nitrogen functional groups attached to an aromatic ring is 1. The van der Waals surface area contributed by atoms with Crippen molar-refractivity contribution in [3.8, 4) is 0 Å². The second-order valence-electron chi connectivity index (χ2n) is 4.40. The first-order valence-electron chi connectivity index (χ1n) is 5.88. The van der Waals surface area contributed by atoms with E-state index in [0.29, 0.717) is 10.6 Å². The van der Waals surface area contributed by atoms with Crippen LogP contribution in [0.25, 0.3) is 0 Å². The molecule has 0 unspecified atom stereocenters. The maximum Gasteiger partial charge on any atom is 0.253 e. The Bertz CT molecular complexity index is 416. The van der Waals surface area contributed by atoms with E-state index in [1.807, 2.05) is 0 Å². The number of nitrogens with zero attached hydrogens (tertiary/aromatic N) is 1. The van der Waals surface area contributed by atoms with Gasteiger partial charge in [-0.2, -0.15) is 0 Å². The molecule has 0 saturated heterocycles. The van der Waals surface area contributed by atoms with Crippen LogP contribution in [0.2, 0.25) is 5.02 Å². The number of hydrogen-bond acceptors (Lipinski definition) is 3. The fraction of sp³-hybridized carbons (Fsp3) is 0.500. The largest absolute Gasteiger partial charge is 0.382 e. The number of aromatic nitrogens is 1. The molecule has 1 fully saturated rings. The summed E-state index contributed by atoms with van der Waals surface area (Å²) < 4.78 is 0. The van der Waals surface area contributed by atoms with Crippen molar-refractivity contribution in [1.82, 2.24) is 10.3 Å². The molecule has 3 N–H and O–H groups in total. The van der Waals surface area contributed by atoms with Gasteiger partial charge in [0.2, 0.25) is 0 Å². The number of carbonyl (C=O) groups is 1. The van der Waals surface area contributed by atoms with Crippen molar-refractivity contribution < 1.29 is 4.79 Å². The van der Waals surface area contributed by atoms with Gasteiger partial charge in [-0.15, -0.1) is 0 Å². The average Bonchev–Trinajstić information content (AvgIpc) is 2.34. The van der Waals surface area contributed by atoms with E-state index in [4.69, 9.17) is 17.3 Å². The number of anilines is 1. The second-order valence-corrected chi connectivity index (χ2v) is 4.81. The quantitative estimate of drug-likeness (QED) is 0.850. The van der Waals surface area contributed by atoms with E-state index in [2.05, 4.69) is 10.3 Å². The van der Waals surface area contributed by atoms with Crippen LogP contribution in [0.4, 0.5) is 5.82 Å². The van der Waals surface area contributed by atoms with Crippen molar-refractivity contribution in [2.45, 2.75) is 38.1 Å². The summed E-state index contributed by atoms with van der Waals surface area (Å²) in [5.74, 6) is 0.132. The normalized spacial score (nSPS) is 16.8. The van der Waals surface area contributed by atoms with E-state index >= 15 is 0 Å². The lowest BCUT2D eigenvalue weighted by Gasteiger charge is -2.22. The lowest BCUT2D eigenvalue weighted by Crippen LogP contribution is -2.36. The van der Waals surface area contributed by atoms with Crippen molar-refractivity contribution >= 4 is 23.3 Å². The third kappa shape index (κ3) is 3.09. The molecule has 0 spiro atoms. The highest BCUT2D eigenvalue weighted by Crippen LogP contribution is 2.19. The van der Waals surface area contributed by atoms with Gasteiger partial charge in [-0.25, -0.2) is 4.98 Å². The molecule has 1 aliphatic rings. The molecule has 1 aromatic rings. The summed E-state index contributed by atoms with van der Waals surface area (Å²) in [7, 11) is 0. The Morgan fingerprint density at radius 2 is 2.12 bits per heavy atom. The zero-order valence-corrected chi connectivity index (χ0v) is 10.3. The molecule has 0 radical (unpaired) electrons. The van der Waals surface area contributed by atoms with Crippen LogP contribution >= 0.6 is 11.6 Å². The van der Waals surface area contributed by atoms with Gasteiger partial charge in [-0.3, -0.25) is 4.79 Å². The molecule has 0 aliphatic heterocycles. The SMILES string of the molecule is Nc1ncc(C(=O)NC2CCCCC2)cc1Cl. The zero-order valence-electron chi connectivity index (χ0n) is 9.58. The van der Waals surface area contributed by atoms with Crippen LogP contribution in [0.15, 0.2) is 12.3 Å². The van der Waals surface area contributed by atoms with Crippen LogP contribution in [-0.2, 0) is 0 Å². The number of rotatable bonds is 2.